The molecule has 3 atom stereocenters. The predicted octanol–water partition coefficient (Wildman–Crippen LogP) is 8.19. The molecular weight excluding hydrogens is 734 g/mol. The largest absolute Gasteiger partial charge is 0.386 e. The molecule has 1 amide bonds. The number of aliphatic hydroxyl groups excluding tert-OH is 1. The normalized spacial score (nSPS) is 15.3. The summed E-state index contributed by atoms with van der Waals surface area (Å²) in [6.45, 7) is 9.96. The second-order valence-corrected chi connectivity index (χ2v) is 14.6. The standard InChI is InChI=1S/C24H22FN5O2.C20H22N6/c1-3-4-21(31)19-7-13(2)17(12-27-19)15-8-14-11-28-22(29-24(32)16-9-18(16)25)10-20(14)30-6-5-26-23(15)30;1-4-5-6-15-7-13(2)17(11-22-15)16-8-14-10-23-19(21-3)9-18(14)26-20(16)24-12-25-26/h3,5-8,10-12,16,18,21,31H,1,4,9H2,2H3,(H,28,29,32);7-12H,4-6H2,1-3H3,(H,21,23). The summed E-state index contributed by atoms with van der Waals surface area (Å²) in [4.78, 5) is 39.0. The van der Waals surface area contributed by atoms with Crippen molar-refractivity contribution in [2.45, 2.75) is 65.2 Å². The molecule has 14 heteroatoms. The highest BCUT2D eigenvalue weighted by atomic mass is 19.1. The van der Waals surface area contributed by atoms with Gasteiger partial charge in [0.2, 0.25) is 5.91 Å². The number of hydrogen-bond acceptors (Lipinski definition) is 10. The maximum atomic E-state index is 13.2. The van der Waals surface area contributed by atoms with Crippen LogP contribution in [0, 0.1) is 19.8 Å². The maximum Gasteiger partial charge on any atom is 0.231 e. The molecule has 1 saturated carbocycles. The summed E-state index contributed by atoms with van der Waals surface area (Å²) in [6, 6.07) is 11.9. The number of pyridine rings is 6. The number of amides is 1. The van der Waals surface area contributed by atoms with Gasteiger partial charge in [0.05, 0.1) is 28.7 Å². The van der Waals surface area contributed by atoms with Crippen LogP contribution in [-0.4, -0.2) is 68.2 Å². The number of fused-ring (bicyclic) bond motifs is 6. The van der Waals surface area contributed by atoms with Gasteiger partial charge >= 0.3 is 0 Å². The fourth-order valence-corrected chi connectivity index (χ4v) is 7.23. The molecule has 0 aliphatic heterocycles. The van der Waals surface area contributed by atoms with Crippen LogP contribution in [0.2, 0.25) is 0 Å². The van der Waals surface area contributed by atoms with Crippen LogP contribution in [-0.2, 0) is 11.2 Å². The average molecular weight is 778 g/mol. The van der Waals surface area contributed by atoms with Gasteiger partial charge in [0.15, 0.2) is 5.65 Å². The van der Waals surface area contributed by atoms with E-state index in [9.17, 15) is 14.3 Å². The molecule has 0 saturated heterocycles. The Balaban J connectivity index is 0.000000165. The lowest BCUT2D eigenvalue weighted by Crippen LogP contribution is -2.16. The van der Waals surface area contributed by atoms with Gasteiger partial charge in [0, 0.05) is 95.1 Å². The fourth-order valence-electron chi connectivity index (χ4n) is 7.23. The van der Waals surface area contributed by atoms with E-state index in [1.165, 1.54) is 12.0 Å². The highest BCUT2D eigenvalue weighted by Gasteiger charge is 2.43. The molecule has 294 valence electrons. The van der Waals surface area contributed by atoms with Gasteiger partial charge in [-0.25, -0.2) is 28.8 Å². The second-order valence-electron chi connectivity index (χ2n) is 14.6. The van der Waals surface area contributed by atoms with Crippen molar-refractivity contribution in [3.8, 4) is 22.3 Å². The molecule has 0 spiro atoms. The van der Waals surface area contributed by atoms with Crippen LogP contribution in [0.15, 0.2) is 92.6 Å². The van der Waals surface area contributed by atoms with Crippen LogP contribution < -0.4 is 10.6 Å². The van der Waals surface area contributed by atoms with E-state index in [1.54, 1.807) is 37.1 Å². The molecule has 8 aromatic rings. The predicted molar refractivity (Wildman–Crippen MR) is 224 cm³/mol. The van der Waals surface area contributed by atoms with Crippen molar-refractivity contribution in [2.24, 2.45) is 5.92 Å². The molecule has 3 N–H and O–H groups in total. The Morgan fingerprint density at radius 1 is 0.897 bits per heavy atom. The SMILES string of the molecule is C=CCC(O)c1cc(C)c(-c2cc3cnc(NC(=O)C4CC4F)cc3n3ccnc23)cn1.CCCCc1cc(C)c(-c2cc3cnc(NC)cc3n3ncnc23)cn1. The summed E-state index contributed by atoms with van der Waals surface area (Å²) in [5.74, 6) is 0.262. The van der Waals surface area contributed by atoms with Gasteiger partial charge in [-0.15, -0.1) is 6.58 Å². The van der Waals surface area contributed by atoms with E-state index in [0.29, 0.717) is 17.9 Å². The van der Waals surface area contributed by atoms with E-state index in [0.717, 1.165) is 85.3 Å². The van der Waals surface area contributed by atoms with Crippen molar-refractivity contribution in [2.75, 3.05) is 17.7 Å². The molecule has 13 nitrogen and oxygen atoms in total. The van der Waals surface area contributed by atoms with E-state index in [2.05, 4.69) is 78.2 Å². The van der Waals surface area contributed by atoms with Crippen molar-refractivity contribution >= 4 is 50.6 Å². The number of nitrogens with zero attached hydrogens (tertiary/aromatic N) is 9. The van der Waals surface area contributed by atoms with Crippen molar-refractivity contribution in [3.05, 3.63) is 115 Å². The number of imidazole rings is 1. The number of nitrogens with one attached hydrogen (secondary N) is 2. The second kappa shape index (κ2) is 16.1. The van der Waals surface area contributed by atoms with Crippen LogP contribution in [0.4, 0.5) is 16.0 Å². The van der Waals surface area contributed by atoms with E-state index < -0.39 is 18.2 Å². The Labute approximate surface area is 334 Å². The third kappa shape index (κ3) is 7.45. The quantitative estimate of drug-likeness (QED) is 0.109. The molecule has 1 aliphatic rings. The minimum Gasteiger partial charge on any atom is -0.386 e. The van der Waals surface area contributed by atoms with E-state index in [4.69, 9.17) is 0 Å². The molecule has 8 aromatic heterocycles. The first-order valence-electron chi connectivity index (χ1n) is 19.4. The van der Waals surface area contributed by atoms with Crippen LogP contribution in [0.1, 0.15) is 61.2 Å². The van der Waals surface area contributed by atoms with Gasteiger partial charge < -0.3 is 15.7 Å². The maximum absolute atomic E-state index is 13.2. The monoisotopic (exact) mass is 777 g/mol. The Bertz CT molecular complexity index is 2830. The topological polar surface area (TPSA) is 160 Å². The number of unbranched alkanes of at least 4 members (excludes halogenated alkanes) is 1. The van der Waals surface area contributed by atoms with Crippen LogP contribution in [0.25, 0.3) is 55.4 Å². The first-order chi connectivity index (χ1) is 28.2. The number of anilines is 2. The number of aryl methyl sites for hydroxylation is 3. The Hall–Kier alpha value is -6.67. The summed E-state index contributed by atoms with van der Waals surface area (Å²) in [5.41, 5.74) is 11.2. The van der Waals surface area contributed by atoms with Crippen LogP contribution in [0.5, 0.6) is 0 Å². The molecular formula is C44H44FN11O2. The number of aliphatic hydroxyl groups is 1. The van der Waals surface area contributed by atoms with Crippen LogP contribution in [0.3, 0.4) is 0 Å². The molecule has 0 bridgehead atoms. The average Bonchev–Trinajstić information content (AvgIpc) is 3.55. The number of hydrogen-bond donors (Lipinski definition) is 3. The van der Waals surface area contributed by atoms with Gasteiger partial charge in [0.25, 0.3) is 0 Å². The molecule has 1 aliphatic carbocycles. The number of carbonyl (C=O) groups is 1. The summed E-state index contributed by atoms with van der Waals surface area (Å²) in [5, 5.41) is 22.3. The molecule has 58 heavy (non-hydrogen) atoms. The first kappa shape index (κ1) is 38.2. The fraction of sp³-hybridized carbons (Fsp3) is 0.273. The summed E-state index contributed by atoms with van der Waals surface area (Å²) in [6.07, 6.45) is 16.4. The minimum atomic E-state index is -1.06. The van der Waals surface area contributed by atoms with Crippen LogP contribution >= 0.6 is 0 Å². The van der Waals surface area contributed by atoms with Gasteiger partial charge in [-0.2, -0.15) is 5.10 Å². The Morgan fingerprint density at radius 2 is 1.59 bits per heavy atom. The third-order valence-corrected chi connectivity index (χ3v) is 10.5. The minimum absolute atomic E-state index is 0.269. The van der Waals surface area contributed by atoms with Crippen molar-refractivity contribution < 1.29 is 14.3 Å². The lowest BCUT2D eigenvalue weighted by Gasteiger charge is -2.14. The molecule has 0 radical (unpaired) electrons. The lowest BCUT2D eigenvalue weighted by atomic mass is 10.0. The molecule has 9 rings (SSSR count). The highest BCUT2D eigenvalue weighted by Crippen LogP contribution is 2.36. The molecule has 1 fully saturated rings. The van der Waals surface area contributed by atoms with Crippen molar-refractivity contribution in [1.29, 1.82) is 0 Å². The summed E-state index contributed by atoms with van der Waals surface area (Å²) >= 11 is 0. The Morgan fingerprint density at radius 3 is 2.28 bits per heavy atom. The summed E-state index contributed by atoms with van der Waals surface area (Å²) in [7, 11) is 1.86. The molecule has 3 unspecified atom stereocenters. The van der Waals surface area contributed by atoms with Gasteiger partial charge in [-0.3, -0.25) is 19.2 Å². The smallest absolute Gasteiger partial charge is 0.231 e. The van der Waals surface area contributed by atoms with E-state index in [-0.39, 0.29) is 12.3 Å². The molecule has 0 aromatic carbocycles. The first-order valence-corrected chi connectivity index (χ1v) is 19.4. The zero-order valence-corrected chi connectivity index (χ0v) is 32.8. The number of aromatic nitrogens is 9. The molecule has 8 heterocycles. The van der Waals surface area contributed by atoms with Gasteiger partial charge in [-0.05, 0) is 74.9 Å². The number of alkyl halides is 1. The van der Waals surface area contributed by atoms with Crippen molar-refractivity contribution in [1.82, 2.24) is 43.9 Å². The number of carbonyl (C=O) groups excluding carboxylic acids is 1. The lowest BCUT2D eigenvalue weighted by molar-refractivity contribution is -0.117. The van der Waals surface area contributed by atoms with E-state index in [1.807, 2.05) is 59.7 Å². The summed E-state index contributed by atoms with van der Waals surface area (Å²) < 4.78 is 17.0. The number of halogens is 1. The highest BCUT2D eigenvalue weighted by molar-refractivity contribution is 5.97. The number of rotatable bonds is 11. The Kier molecular flexibility index (Phi) is 10.6. The van der Waals surface area contributed by atoms with E-state index >= 15 is 0 Å². The zero-order chi connectivity index (χ0) is 40.5. The van der Waals surface area contributed by atoms with Gasteiger partial charge in [0.1, 0.15) is 29.8 Å². The van der Waals surface area contributed by atoms with Crippen molar-refractivity contribution in [3.63, 3.8) is 0 Å². The third-order valence-electron chi connectivity index (χ3n) is 10.5. The van der Waals surface area contributed by atoms with Gasteiger partial charge in [-0.1, -0.05) is 19.4 Å². The zero-order valence-electron chi connectivity index (χ0n) is 32.8.